The smallest absolute Gasteiger partial charge is 0.255 e. The van der Waals surface area contributed by atoms with E-state index in [0.717, 1.165) is 0 Å². The van der Waals surface area contributed by atoms with Crippen molar-refractivity contribution in [3.8, 4) is 5.75 Å². The summed E-state index contributed by atoms with van der Waals surface area (Å²) < 4.78 is 19.2. The predicted molar refractivity (Wildman–Crippen MR) is 84.1 cm³/mol. The first-order valence-electron chi connectivity index (χ1n) is 6.29. The van der Waals surface area contributed by atoms with Gasteiger partial charge in [0, 0.05) is 21.8 Å². The summed E-state index contributed by atoms with van der Waals surface area (Å²) in [7, 11) is 0. The number of rotatable bonds is 4. The Morgan fingerprint density at radius 2 is 2.10 bits per heavy atom. The Morgan fingerprint density at radius 1 is 1.33 bits per heavy atom. The van der Waals surface area contributed by atoms with Crippen molar-refractivity contribution in [2.75, 3.05) is 17.7 Å². The fourth-order valence-corrected chi connectivity index (χ4v) is 2.32. The van der Waals surface area contributed by atoms with Crippen LogP contribution >= 0.6 is 15.9 Å². The molecular formula is C15H14BrFN2O2. The third-order valence-corrected chi connectivity index (χ3v) is 3.13. The summed E-state index contributed by atoms with van der Waals surface area (Å²) in [6, 6.07) is 8.85. The van der Waals surface area contributed by atoms with Gasteiger partial charge in [-0.2, -0.15) is 0 Å². The van der Waals surface area contributed by atoms with E-state index in [1.165, 1.54) is 18.2 Å². The van der Waals surface area contributed by atoms with Crippen LogP contribution in [0.25, 0.3) is 0 Å². The van der Waals surface area contributed by atoms with Gasteiger partial charge in [0.1, 0.15) is 11.6 Å². The third kappa shape index (κ3) is 3.95. The van der Waals surface area contributed by atoms with Crippen LogP contribution < -0.4 is 15.8 Å². The Balaban J connectivity index is 2.26. The summed E-state index contributed by atoms with van der Waals surface area (Å²) in [5.74, 6) is -0.493. The number of anilines is 2. The van der Waals surface area contributed by atoms with Crippen LogP contribution in [0, 0.1) is 5.82 Å². The van der Waals surface area contributed by atoms with Gasteiger partial charge in [-0.25, -0.2) is 4.39 Å². The highest BCUT2D eigenvalue weighted by molar-refractivity contribution is 9.10. The lowest BCUT2D eigenvalue weighted by Crippen LogP contribution is -2.13. The maximum atomic E-state index is 13.2. The van der Waals surface area contributed by atoms with E-state index >= 15 is 0 Å². The minimum absolute atomic E-state index is 0.286. The molecule has 3 N–H and O–H groups in total. The molecule has 4 nitrogen and oxygen atoms in total. The monoisotopic (exact) mass is 352 g/mol. The second-order valence-corrected chi connectivity index (χ2v) is 5.22. The SMILES string of the molecule is CCOc1cc(F)ccc1NC(=O)c1cc(N)cc(Br)c1. The quantitative estimate of drug-likeness (QED) is 0.822. The molecule has 0 unspecified atom stereocenters. The van der Waals surface area contributed by atoms with Gasteiger partial charge in [-0.05, 0) is 37.3 Å². The first-order valence-corrected chi connectivity index (χ1v) is 7.08. The molecule has 0 fully saturated rings. The minimum atomic E-state index is -0.428. The number of ether oxygens (including phenoxy) is 1. The maximum absolute atomic E-state index is 13.2. The Morgan fingerprint density at radius 3 is 2.76 bits per heavy atom. The van der Waals surface area contributed by atoms with Crippen molar-refractivity contribution in [3.63, 3.8) is 0 Å². The van der Waals surface area contributed by atoms with Crippen LogP contribution in [-0.4, -0.2) is 12.5 Å². The molecule has 2 aromatic carbocycles. The molecule has 2 rings (SSSR count). The number of nitrogens with one attached hydrogen (secondary N) is 1. The number of carbonyl (C=O) groups excluding carboxylic acids is 1. The van der Waals surface area contributed by atoms with E-state index in [-0.39, 0.29) is 11.7 Å². The number of nitrogens with two attached hydrogens (primary N) is 1. The molecule has 0 saturated heterocycles. The van der Waals surface area contributed by atoms with E-state index in [2.05, 4.69) is 21.2 Å². The highest BCUT2D eigenvalue weighted by atomic mass is 79.9. The lowest BCUT2D eigenvalue weighted by molar-refractivity contribution is 0.102. The molecule has 0 radical (unpaired) electrons. The first kappa shape index (κ1) is 15.3. The second kappa shape index (κ2) is 6.58. The van der Waals surface area contributed by atoms with Crippen LogP contribution in [0.2, 0.25) is 0 Å². The molecular weight excluding hydrogens is 339 g/mol. The van der Waals surface area contributed by atoms with Gasteiger partial charge in [-0.15, -0.1) is 0 Å². The van der Waals surface area contributed by atoms with Crippen LogP contribution in [0.4, 0.5) is 15.8 Å². The third-order valence-electron chi connectivity index (χ3n) is 2.67. The predicted octanol–water partition coefficient (Wildman–Crippen LogP) is 3.82. The van der Waals surface area contributed by atoms with Crippen molar-refractivity contribution in [2.45, 2.75) is 6.92 Å². The maximum Gasteiger partial charge on any atom is 0.255 e. The van der Waals surface area contributed by atoms with Gasteiger partial charge in [0.25, 0.3) is 5.91 Å². The molecule has 2 aromatic rings. The lowest BCUT2D eigenvalue weighted by Gasteiger charge is -2.12. The molecule has 0 aromatic heterocycles. The van der Waals surface area contributed by atoms with Crippen molar-refractivity contribution in [1.29, 1.82) is 0 Å². The van der Waals surface area contributed by atoms with Crippen LogP contribution in [0.1, 0.15) is 17.3 Å². The van der Waals surface area contributed by atoms with E-state index in [4.69, 9.17) is 10.5 Å². The van der Waals surface area contributed by atoms with Crippen molar-refractivity contribution < 1.29 is 13.9 Å². The Bertz CT molecular complexity index is 656. The van der Waals surface area contributed by atoms with Crippen molar-refractivity contribution in [1.82, 2.24) is 0 Å². The van der Waals surface area contributed by atoms with E-state index in [0.29, 0.717) is 28.0 Å². The Kier molecular flexibility index (Phi) is 4.80. The van der Waals surface area contributed by atoms with E-state index in [9.17, 15) is 9.18 Å². The van der Waals surface area contributed by atoms with Gasteiger partial charge < -0.3 is 15.8 Å². The lowest BCUT2D eigenvalue weighted by atomic mass is 10.2. The second-order valence-electron chi connectivity index (χ2n) is 4.30. The van der Waals surface area contributed by atoms with E-state index in [1.54, 1.807) is 25.1 Å². The van der Waals surface area contributed by atoms with Crippen LogP contribution in [-0.2, 0) is 0 Å². The van der Waals surface area contributed by atoms with E-state index in [1.807, 2.05) is 0 Å². The number of hydrogen-bond donors (Lipinski definition) is 2. The molecule has 0 aliphatic heterocycles. The standard InChI is InChI=1S/C15H14BrFN2O2/c1-2-21-14-8-11(17)3-4-13(14)19-15(20)9-5-10(16)7-12(18)6-9/h3-8H,2,18H2,1H3,(H,19,20). The number of benzene rings is 2. The molecule has 21 heavy (non-hydrogen) atoms. The van der Waals surface area contributed by atoms with Gasteiger partial charge >= 0.3 is 0 Å². The highest BCUT2D eigenvalue weighted by Crippen LogP contribution is 2.26. The number of carbonyl (C=O) groups is 1. The summed E-state index contributed by atoms with van der Waals surface area (Å²) >= 11 is 3.28. The molecule has 6 heteroatoms. The van der Waals surface area contributed by atoms with Gasteiger partial charge in [0.15, 0.2) is 0 Å². The molecule has 110 valence electrons. The molecule has 0 aliphatic carbocycles. The summed E-state index contributed by atoms with van der Waals surface area (Å²) in [5.41, 5.74) is 6.98. The van der Waals surface area contributed by atoms with Crippen molar-refractivity contribution >= 4 is 33.2 Å². The fraction of sp³-hybridized carbons (Fsp3) is 0.133. The summed E-state index contributed by atoms with van der Waals surface area (Å²) in [4.78, 5) is 12.2. The number of hydrogen-bond acceptors (Lipinski definition) is 3. The molecule has 1 amide bonds. The molecule has 0 heterocycles. The fourth-order valence-electron chi connectivity index (χ4n) is 1.81. The number of amides is 1. The molecule has 0 saturated carbocycles. The average Bonchev–Trinajstić information content (AvgIpc) is 2.41. The van der Waals surface area contributed by atoms with Crippen LogP contribution in [0.5, 0.6) is 5.75 Å². The van der Waals surface area contributed by atoms with Gasteiger partial charge in [-0.1, -0.05) is 15.9 Å². The molecule has 0 aliphatic rings. The summed E-state index contributed by atoms with van der Waals surface area (Å²) in [5, 5.41) is 2.69. The molecule has 0 spiro atoms. The minimum Gasteiger partial charge on any atom is -0.492 e. The average molecular weight is 353 g/mol. The zero-order chi connectivity index (χ0) is 15.4. The topological polar surface area (TPSA) is 64.3 Å². The number of halogens is 2. The molecule has 0 bridgehead atoms. The largest absolute Gasteiger partial charge is 0.492 e. The van der Waals surface area contributed by atoms with Gasteiger partial charge in [0.2, 0.25) is 0 Å². The Hall–Kier alpha value is -2.08. The summed E-state index contributed by atoms with van der Waals surface area (Å²) in [6.45, 7) is 2.15. The summed E-state index contributed by atoms with van der Waals surface area (Å²) in [6.07, 6.45) is 0. The highest BCUT2D eigenvalue weighted by Gasteiger charge is 2.12. The Labute approximate surface area is 130 Å². The normalized spacial score (nSPS) is 10.2. The van der Waals surface area contributed by atoms with Crippen molar-refractivity contribution in [3.05, 3.63) is 52.3 Å². The number of nitrogen functional groups attached to an aromatic ring is 1. The first-order chi connectivity index (χ1) is 9.99. The van der Waals surface area contributed by atoms with Gasteiger partial charge in [0.05, 0.1) is 12.3 Å². The molecule has 0 atom stereocenters. The zero-order valence-electron chi connectivity index (χ0n) is 11.3. The van der Waals surface area contributed by atoms with Crippen LogP contribution in [0.15, 0.2) is 40.9 Å². The van der Waals surface area contributed by atoms with Crippen molar-refractivity contribution in [2.24, 2.45) is 0 Å². The van der Waals surface area contributed by atoms with Gasteiger partial charge in [-0.3, -0.25) is 4.79 Å². The zero-order valence-corrected chi connectivity index (χ0v) is 12.9. The van der Waals surface area contributed by atoms with E-state index < -0.39 is 5.82 Å². The van der Waals surface area contributed by atoms with Crippen LogP contribution in [0.3, 0.4) is 0 Å².